The molecule has 0 radical (unpaired) electrons. The molecule has 2 aliphatic rings. The van der Waals surface area contributed by atoms with Crippen LogP contribution in [0.4, 0.5) is 9.93 Å². The second kappa shape index (κ2) is 14.2. The molecule has 14 nitrogen and oxygen atoms in total. The molecule has 1 fully saturated rings. The molecule has 3 aromatic rings. The van der Waals surface area contributed by atoms with E-state index in [9.17, 15) is 19.2 Å². The number of anilines is 1. The van der Waals surface area contributed by atoms with Crippen LogP contribution in [-0.2, 0) is 33.4 Å². The van der Waals surface area contributed by atoms with Gasteiger partial charge in [-0.25, -0.2) is 9.59 Å². The van der Waals surface area contributed by atoms with Gasteiger partial charge in [0, 0.05) is 11.5 Å². The van der Waals surface area contributed by atoms with Gasteiger partial charge in [-0.2, -0.15) is 9.36 Å². The number of thioether (sulfide) groups is 1. The summed E-state index contributed by atoms with van der Waals surface area (Å²) in [6.07, 6.45) is -1.50. The number of β-lactam (4-membered cyclic amide) rings is 1. The highest BCUT2D eigenvalue weighted by Crippen LogP contribution is 2.41. The number of carbonyl (C=O) groups is 4. The first-order chi connectivity index (χ1) is 22.5. The van der Waals surface area contributed by atoms with Crippen LogP contribution in [0.1, 0.15) is 43.8 Å². The van der Waals surface area contributed by atoms with E-state index in [0.29, 0.717) is 0 Å². The lowest BCUT2D eigenvalue weighted by Gasteiger charge is -2.49. The zero-order valence-electron chi connectivity index (χ0n) is 26.1. The average Bonchev–Trinajstić information content (AvgIpc) is 3.51. The van der Waals surface area contributed by atoms with Crippen molar-refractivity contribution < 1.29 is 38.2 Å². The van der Waals surface area contributed by atoms with Gasteiger partial charge < -0.3 is 24.4 Å². The van der Waals surface area contributed by atoms with E-state index in [1.165, 1.54) is 30.9 Å². The second-order valence-electron chi connectivity index (χ2n) is 11.1. The van der Waals surface area contributed by atoms with E-state index in [1.807, 2.05) is 60.7 Å². The van der Waals surface area contributed by atoms with Crippen molar-refractivity contribution >= 4 is 58.0 Å². The van der Waals surface area contributed by atoms with Gasteiger partial charge in [-0.3, -0.25) is 19.8 Å². The maximum absolute atomic E-state index is 13.8. The first kappa shape index (κ1) is 33.4. The number of fused-ring (bicyclic) bond motifs is 1. The molecule has 3 heterocycles. The molecule has 0 unspecified atom stereocenters. The van der Waals surface area contributed by atoms with Crippen molar-refractivity contribution in [2.45, 2.75) is 43.9 Å². The Morgan fingerprint density at radius 1 is 1.02 bits per heavy atom. The Bertz CT molecular complexity index is 1670. The Hall–Kier alpha value is -4.96. The van der Waals surface area contributed by atoms with E-state index in [0.717, 1.165) is 22.7 Å². The lowest BCUT2D eigenvalue weighted by atomic mass is 10.0. The topological polar surface area (TPSA) is 171 Å². The maximum atomic E-state index is 13.8. The van der Waals surface area contributed by atoms with Gasteiger partial charge in [-0.15, -0.1) is 11.8 Å². The largest absolute Gasteiger partial charge is 0.498 e. The van der Waals surface area contributed by atoms with Crippen LogP contribution in [0.25, 0.3) is 0 Å². The molecule has 246 valence electrons. The van der Waals surface area contributed by atoms with Crippen LogP contribution in [-0.4, -0.2) is 80.8 Å². The zero-order chi connectivity index (χ0) is 33.7. The maximum Gasteiger partial charge on any atom is 0.414 e. The third-order valence-corrected chi connectivity index (χ3v) is 8.62. The van der Waals surface area contributed by atoms with Crippen LogP contribution < -0.4 is 10.6 Å². The van der Waals surface area contributed by atoms with Crippen molar-refractivity contribution in [3.63, 3.8) is 0 Å². The number of hydrogen-bond acceptors (Lipinski definition) is 13. The number of amides is 3. The molecule has 0 bridgehead atoms. The molecule has 2 aliphatic heterocycles. The van der Waals surface area contributed by atoms with Gasteiger partial charge in [0.15, 0.2) is 11.8 Å². The first-order valence-corrected chi connectivity index (χ1v) is 16.1. The number of hydrogen-bond donors (Lipinski definition) is 2. The smallest absolute Gasteiger partial charge is 0.414 e. The average molecular weight is 681 g/mol. The summed E-state index contributed by atoms with van der Waals surface area (Å²) in [6, 6.07) is 17.5. The minimum atomic E-state index is -1.02. The van der Waals surface area contributed by atoms with E-state index in [2.05, 4.69) is 25.1 Å². The van der Waals surface area contributed by atoms with Crippen LogP contribution in [0.5, 0.6) is 0 Å². The molecule has 2 atom stereocenters. The molecule has 0 aliphatic carbocycles. The number of ether oxygens (including phenoxy) is 3. The highest BCUT2D eigenvalue weighted by molar-refractivity contribution is 8.00. The van der Waals surface area contributed by atoms with Crippen molar-refractivity contribution in [2.75, 3.05) is 25.3 Å². The fourth-order valence-electron chi connectivity index (χ4n) is 4.73. The quantitative estimate of drug-likeness (QED) is 0.138. The SMILES string of the molecule is CON=C(C(=O)N[C@@H]1C(=O)N2C(C(=O)OC(c3ccccc3)c3ccccc3)=C(OC)CS[C@H]12)c1nsc(NC(=O)OC(C)(C)C)n1. The summed E-state index contributed by atoms with van der Waals surface area (Å²) in [4.78, 5) is 63.1. The molecule has 0 saturated carbocycles. The highest BCUT2D eigenvalue weighted by atomic mass is 32.2. The zero-order valence-corrected chi connectivity index (χ0v) is 27.7. The molecule has 3 amide bonds. The second-order valence-corrected chi connectivity index (χ2v) is 13.0. The molecule has 47 heavy (non-hydrogen) atoms. The van der Waals surface area contributed by atoms with Crippen molar-refractivity contribution in [3.8, 4) is 0 Å². The monoisotopic (exact) mass is 680 g/mol. The lowest BCUT2D eigenvalue weighted by Crippen LogP contribution is -2.71. The molecular formula is C31H32N6O8S2. The minimum absolute atomic E-state index is 0.0339. The van der Waals surface area contributed by atoms with E-state index in [1.54, 1.807) is 20.8 Å². The molecule has 2 N–H and O–H groups in total. The van der Waals surface area contributed by atoms with Crippen molar-refractivity contribution in [3.05, 3.63) is 89.1 Å². The predicted octanol–water partition coefficient (Wildman–Crippen LogP) is 3.83. The van der Waals surface area contributed by atoms with E-state index >= 15 is 0 Å². The van der Waals surface area contributed by atoms with Gasteiger partial charge in [0.05, 0.1) is 12.9 Å². The van der Waals surface area contributed by atoms with Crippen LogP contribution >= 0.6 is 23.3 Å². The number of rotatable bonds is 10. The first-order valence-electron chi connectivity index (χ1n) is 14.3. The van der Waals surface area contributed by atoms with E-state index in [-0.39, 0.29) is 33.9 Å². The fourth-order valence-corrected chi connectivity index (χ4v) is 6.60. The van der Waals surface area contributed by atoms with Crippen LogP contribution in [0.15, 0.2) is 77.3 Å². The van der Waals surface area contributed by atoms with Gasteiger partial charge >= 0.3 is 12.1 Å². The number of oxime groups is 1. The van der Waals surface area contributed by atoms with Gasteiger partial charge in [0.2, 0.25) is 16.7 Å². The number of aromatic nitrogens is 2. The highest BCUT2D eigenvalue weighted by Gasteiger charge is 2.55. The summed E-state index contributed by atoms with van der Waals surface area (Å²) in [6.45, 7) is 5.13. The van der Waals surface area contributed by atoms with Crippen LogP contribution in [0.3, 0.4) is 0 Å². The summed E-state index contributed by atoms with van der Waals surface area (Å²) in [5.41, 5.74) is 0.404. The number of benzene rings is 2. The van der Waals surface area contributed by atoms with Crippen molar-refractivity contribution in [2.24, 2.45) is 5.16 Å². The molecule has 5 rings (SSSR count). The Kier molecular flexibility index (Phi) is 10.1. The number of methoxy groups -OCH3 is 1. The van der Waals surface area contributed by atoms with Gasteiger partial charge in [0.1, 0.15) is 29.9 Å². The molecular weight excluding hydrogens is 649 g/mol. The standard InChI is InChI=1S/C31H32N6O8S2/c1-31(2,3)45-30(41)34-29-33-24(36-47-29)20(35-43-5)25(38)32-21-26(39)37-22(19(42-4)16-46-27(21)37)28(40)44-23(17-12-8-6-9-13-17)18-14-10-7-11-15-18/h6-15,21,23,27H,16H2,1-5H3,(H,32,38)(H,33,34,36,41)/t21-,27-/m1/s1. The minimum Gasteiger partial charge on any atom is -0.498 e. The fraction of sp³-hybridized carbons (Fsp3) is 0.323. The van der Waals surface area contributed by atoms with Gasteiger partial charge in [-0.1, -0.05) is 65.8 Å². The Labute approximate surface area is 278 Å². The number of carbonyl (C=O) groups excluding carboxylic acids is 4. The molecule has 2 aromatic carbocycles. The van der Waals surface area contributed by atoms with Crippen LogP contribution in [0, 0.1) is 0 Å². The Morgan fingerprint density at radius 3 is 2.23 bits per heavy atom. The number of nitrogens with zero attached hydrogens (tertiary/aromatic N) is 4. The molecule has 1 saturated heterocycles. The Balaban J connectivity index is 1.31. The van der Waals surface area contributed by atoms with Crippen LogP contribution in [0.2, 0.25) is 0 Å². The van der Waals surface area contributed by atoms with Crippen molar-refractivity contribution in [1.29, 1.82) is 0 Å². The van der Waals surface area contributed by atoms with E-state index in [4.69, 9.17) is 19.0 Å². The van der Waals surface area contributed by atoms with Gasteiger partial charge in [-0.05, 0) is 31.9 Å². The molecule has 1 aromatic heterocycles. The summed E-state index contributed by atoms with van der Waals surface area (Å²) < 4.78 is 20.9. The predicted molar refractivity (Wildman–Crippen MR) is 173 cm³/mol. The third kappa shape index (κ3) is 7.55. The summed E-state index contributed by atoms with van der Waals surface area (Å²) in [5.74, 6) is -1.72. The lowest BCUT2D eigenvalue weighted by molar-refractivity contribution is -0.155. The normalized spacial score (nSPS) is 17.8. The molecule has 0 spiro atoms. The van der Waals surface area contributed by atoms with E-state index < -0.39 is 47.0 Å². The molecule has 16 heteroatoms. The summed E-state index contributed by atoms with van der Waals surface area (Å²) >= 11 is 2.11. The third-order valence-electron chi connectivity index (χ3n) is 6.73. The number of esters is 1. The van der Waals surface area contributed by atoms with Gasteiger partial charge in [0.25, 0.3) is 11.8 Å². The number of nitrogens with one attached hydrogen (secondary N) is 2. The summed E-state index contributed by atoms with van der Waals surface area (Å²) in [7, 11) is 2.65. The van der Waals surface area contributed by atoms with Crippen molar-refractivity contribution in [1.82, 2.24) is 19.6 Å². The Morgan fingerprint density at radius 2 is 1.66 bits per heavy atom. The summed E-state index contributed by atoms with van der Waals surface area (Å²) in [5, 5.41) is 8.27.